The Morgan fingerprint density at radius 2 is 1.39 bits per heavy atom. The van der Waals surface area contributed by atoms with Crippen LogP contribution in [0.2, 0.25) is 0 Å². The van der Waals surface area contributed by atoms with E-state index in [0.717, 1.165) is 11.1 Å². The Labute approximate surface area is 109 Å². The van der Waals surface area contributed by atoms with Gasteiger partial charge in [-0.1, -0.05) is 55.8 Å². The minimum absolute atomic E-state index is 0.0983. The Bertz CT molecular complexity index is 550. The maximum Gasteiger partial charge on any atom is 0.118 e. The van der Waals surface area contributed by atoms with Crippen molar-refractivity contribution in [3.05, 3.63) is 64.7 Å². The maximum absolute atomic E-state index is 9.85. The van der Waals surface area contributed by atoms with Gasteiger partial charge in [-0.2, -0.15) is 0 Å². The molecule has 0 fully saturated rings. The molecule has 0 saturated heterocycles. The smallest absolute Gasteiger partial charge is 0.118 e. The molecule has 18 heavy (non-hydrogen) atoms. The molecule has 0 aromatic heterocycles. The topological polar surface area (TPSA) is 20.2 Å². The lowest BCUT2D eigenvalue weighted by Crippen LogP contribution is -2.18. The summed E-state index contributed by atoms with van der Waals surface area (Å²) in [6.07, 6.45) is 0. The Morgan fingerprint density at radius 3 is 1.94 bits per heavy atom. The van der Waals surface area contributed by atoms with Crippen LogP contribution in [-0.2, 0) is 5.41 Å². The van der Waals surface area contributed by atoms with Crippen molar-refractivity contribution in [3.8, 4) is 5.75 Å². The molecule has 0 aliphatic rings. The second-order valence-corrected chi connectivity index (χ2v) is 5.49. The number of aryl methyl sites for hydroxylation is 2. The first kappa shape index (κ1) is 12.7. The summed E-state index contributed by atoms with van der Waals surface area (Å²) in [7, 11) is 0. The van der Waals surface area contributed by atoms with Gasteiger partial charge in [-0.05, 0) is 36.6 Å². The zero-order valence-corrected chi connectivity index (χ0v) is 11.5. The third-order valence-corrected chi connectivity index (χ3v) is 3.70. The SMILES string of the molecule is Cc1ccc(C(C)(C)c2ccc(C)c(O)c2)cc1. The Morgan fingerprint density at radius 1 is 0.833 bits per heavy atom. The summed E-state index contributed by atoms with van der Waals surface area (Å²) in [6.45, 7) is 8.37. The zero-order chi connectivity index (χ0) is 13.3. The highest BCUT2D eigenvalue weighted by Crippen LogP contribution is 2.34. The molecule has 0 aliphatic heterocycles. The monoisotopic (exact) mass is 240 g/mol. The van der Waals surface area contributed by atoms with Crippen molar-refractivity contribution in [3.63, 3.8) is 0 Å². The van der Waals surface area contributed by atoms with Crippen LogP contribution in [0.25, 0.3) is 0 Å². The van der Waals surface area contributed by atoms with E-state index in [0.29, 0.717) is 5.75 Å². The van der Waals surface area contributed by atoms with Crippen LogP contribution in [0.1, 0.15) is 36.1 Å². The fourth-order valence-corrected chi connectivity index (χ4v) is 2.14. The molecule has 0 amide bonds. The molecule has 94 valence electrons. The van der Waals surface area contributed by atoms with E-state index in [1.165, 1.54) is 11.1 Å². The van der Waals surface area contributed by atoms with E-state index in [1.807, 2.05) is 19.1 Å². The second kappa shape index (κ2) is 4.49. The van der Waals surface area contributed by atoms with Gasteiger partial charge in [0.1, 0.15) is 5.75 Å². The summed E-state index contributed by atoms with van der Waals surface area (Å²) < 4.78 is 0. The number of hydrogen-bond acceptors (Lipinski definition) is 1. The highest BCUT2D eigenvalue weighted by atomic mass is 16.3. The largest absolute Gasteiger partial charge is 0.508 e. The number of benzene rings is 2. The molecule has 1 N–H and O–H groups in total. The lowest BCUT2D eigenvalue weighted by Gasteiger charge is -2.26. The number of rotatable bonds is 2. The van der Waals surface area contributed by atoms with Gasteiger partial charge in [0.05, 0.1) is 0 Å². The third-order valence-electron chi connectivity index (χ3n) is 3.70. The molecule has 0 spiro atoms. The average Bonchev–Trinajstić information content (AvgIpc) is 2.33. The van der Waals surface area contributed by atoms with Crippen LogP contribution in [-0.4, -0.2) is 5.11 Å². The second-order valence-electron chi connectivity index (χ2n) is 5.49. The van der Waals surface area contributed by atoms with Crippen LogP contribution in [0.15, 0.2) is 42.5 Å². The van der Waals surface area contributed by atoms with E-state index in [-0.39, 0.29) is 5.41 Å². The molecule has 2 aromatic rings. The quantitative estimate of drug-likeness (QED) is 0.828. The summed E-state index contributed by atoms with van der Waals surface area (Å²) >= 11 is 0. The standard InChI is InChI=1S/C17H20O/c1-12-5-8-14(9-6-12)17(3,4)15-10-7-13(2)16(18)11-15/h5-11,18H,1-4H3. The molecule has 0 heterocycles. The molecular formula is C17H20O. The van der Waals surface area contributed by atoms with Crippen molar-refractivity contribution in [1.29, 1.82) is 0 Å². The Kier molecular flexibility index (Phi) is 3.16. The molecule has 0 saturated carbocycles. The van der Waals surface area contributed by atoms with Gasteiger partial charge in [-0.15, -0.1) is 0 Å². The molecule has 2 aromatic carbocycles. The molecule has 0 bridgehead atoms. The van der Waals surface area contributed by atoms with Crippen LogP contribution in [0.4, 0.5) is 0 Å². The number of phenols is 1. The first-order chi connectivity index (χ1) is 8.41. The third kappa shape index (κ3) is 2.26. The van der Waals surface area contributed by atoms with Gasteiger partial charge in [0.2, 0.25) is 0 Å². The van der Waals surface area contributed by atoms with E-state index in [1.54, 1.807) is 0 Å². The Balaban J connectivity index is 2.46. The van der Waals surface area contributed by atoms with Crippen LogP contribution >= 0.6 is 0 Å². The predicted octanol–water partition coefficient (Wildman–Crippen LogP) is 4.33. The number of aromatic hydroxyl groups is 1. The summed E-state index contributed by atoms with van der Waals surface area (Å²) in [5.41, 5.74) is 4.48. The van der Waals surface area contributed by atoms with E-state index < -0.39 is 0 Å². The predicted molar refractivity (Wildman–Crippen MR) is 76.2 cm³/mol. The summed E-state index contributed by atoms with van der Waals surface area (Å²) in [5.74, 6) is 0.368. The summed E-state index contributed by atoms with van der Waals surface area (Å²) in [5, 5.41) is 9.85. The fourth-order valence-electron chi connectivity index (χ4n) is 2.14. The normalized spacial score (nSPS) is 11.6. The lowest BCUT2D eigenvalue weighted by molar-refractivity contribution is 0.468. The summed E-state index contributed by atoms with van der Waals surface area (Å²) in [4.78, 5) is 0. The van der Waals surface area contributed by atoms with Gasteiger partial charge in [-0.25, -0.2) is 0 Å². The van der Waals surface area contributed by atoms with Crippen molar-refractivity contribution in [2.75, 3.05) is 0 Å². The fraction of sp³-hybridized carbons (Fsp3) is 0.294. The average molecular weight is 240 g/mol. The van der Waals surface area contributed by atoms with Gasteiger partial charge in [0.15, 0.2) is 0 Å². The first-order valence-corrected chi connectivity index (χ1v) is 6.28. The van der Waals surface area contributed by atoms with E-state index >= 15 is 0 Å². The van der Waals surface area contributed by atoms with Gasteiger partial charge in [0.25, 0.3) is 0 Å². The minimum Gasteiger partial charge on any atom is -0.508 e. The van der Waals surface area contributed by atoms with Gasteiger partial charge in [0, 0.05) is 5.41 Å². The highest BCUT2D eigenvalue weighted by Gasteiger charge is 2.23. The highest BCUT2D eigenvalue weighted by molar-refractivity contribution is 5.44. The molecule has 0 atom stereocenters. The van der Waals surface area contributed by atoms with Crippen LogP contribution in [0.5, 0.6) is 5.75 Å². The van der Waals surface area contributed by atoms with Gasteiger partial charge in [-0.3, -0.25) is 0 Å². The molecule has 1 nitrogen and oxygen atoms in total. The molecule has 0 unspecified atom stereocenters. The number of phenolic OH excluding ortho intramolecular Hbond substituents is 1. The molecule has 0 aliphatic carbocycles. The molecular weight excluding hydrogens is 220 g/mol. The molecule has 1 heteroatoms. The van der Waals surface area contributed by atoms with E-state index in [2.05, 4.69) is 51.1 Å². The maximum atomic E-state index is 9.85. The van der Waals surface area contributed by atoms with E-state index in [9.17, 15) is 5.11 Å². The van der Waals surface area contributed by atoms with Crippen molar-refractivity contribution in [1.82, 2.24) is 0 Å². The van der Waals surface area contributed by atoms with Crippen molar-refractivity contribution in [2.24, 2.45) is 0 Å². The summed E-state index contributed by atoms with van der Waals surface area (Å²) in [6, 6.07) is 14.5. The van der Waals surface area contributed by atoms with Crippen molar-refractivity contribution in [2.45, 2.75) is 33.1 Å². The van der Waals surface area contributed by atoms with Crippen LogP contribution in [0, 0.1) is 13.8 Å². The minimum atomic E-state index is -0.0983. The van der Waals surface area contributed by atoms with Crippen molar-refractivity contribution < 1.29 is 5.11 Å². The lowest BCUT2D eigenvalue weighted by atomic mass is 9.77. The van der Waals surface area contributed by atoms with Gasteiger partial charge >= 0.3 is 0 Å². The van der Waals surface area contributed by atoms with Crippen molar-refractivity contribution >= 4 is 0 Å². The molecule has 0 radical (unpaired) electrons. The zero-order valence-electron chi connectivity index (χ0n) is 11.5. The Hall–Kier alpha value is -1.76. The van der Waals surface area contributed by atoms with E-state index in [4.69, 9.17) is 0 Å². The first-order valence-electron chi connectivity index (χ1n) is 6.28. The molecule has 2 rings (SSSR count). The number of hydrogen-bond donors (Lipinski definition) is 1. The van der Waals surface area contributed by atoms with Gasteiger partial charge < -0.3 is 5.11 Å². The van der Waals surface area contributed by atoms with Crippen LogP contribution < -0.4 is 0 Å². The van der Waals surface area contributed by atoms with Crippen LogP contribution in [0.3, 0.4) is 0 Å².